The molecule has 0 saturated carbocycles. The second-order valence-corrected chi connectivity index (χ2v) is 4.05. The van der Waals surface area contributed by atoms with Crippen LogP contribution in [0.2, 0.25) is 10.0 Å². The van der Waals surface area contributed by atoms with Crippen molar-refractivity contribution >= 4 is 45.1 Å². The van der Waals surface area contributed by atoms with Crippen LogP contribution < -0.4 is 0 Å². The maximum atomic E-state index is 11.3. The highest BCUT2D eigenvalue weighted by atomic mass is 79.9. The Kier molecular flexibility index (Phi) is 4.23. The van der Waals surface area contributed by atoms with Crippen molar-refractivity contribution < 1.29 is 9.53 Å². The van der Waals surface area contributed by atoms with Crippen LogP contribution in [0.3, 0.4) is 0 Å². The lowest BCUT2D eigenvalue weighted by molar-refractivity contribution is 0.0526. The zero-order chi connectivity index (χ0) is 10.7. The van der Waals surface area contributed by atoms with Crippen molar-refractivity contribution in [3.63, 3.8) is 0 Å². The molecule has 0 fully saturated rings. The molecule has 0 bridgehead atoms. The molecule has 2 nitrogen and oxygen atoms in total. The predicted molar refractivity (Wildman–Crippen MR) is 60.1 cm³/mol. The molecule has 76 valence electrons. The molecule has 14 heavy (non-hydrogen) atoms. The van der Waals surface area contributed by atoms with Crippen molar-refractivity contribution in [1.82, 2.24) is 0 Å². The number of esters is 1. The topological polar surface area (TPSA) is 26.3 Å². The molecular formula is C9H7BrCl2O2. The van der Waals surface area contributed by atoms with Crippen LogP contribution in [0, 0.1) is 0 Å². The van der Waals surface area contributed by atoms with Gasteiger partial charge in [-0.3, -0.25) is 0 Å². The number of rotatable bonds is 2. The molecule has 0 amide bonds. The quantitative estimate of drug-likeness (QED) is 0.611. The highest BCUT2D eigenvalue weighted by molar-refractivity contribution is 9.10. The van der Waals surface area contributed by atoms with Gasteiger partial charge in [0.1, 0.15) is 0 Å². The molecule has 1 aromatic rings. The standard InChI is InChI=1S/C9H7BrCl2O2/c1-2-14-9(13)5-3-4-6(10)8(12)7(5)11/h3-4H,2H2,1H3. The fraction of sp³-hybridized carbons (Fsp3) is 0.222. The zero-order valence-electron chi connectivity index (χ0n) is 7.31. The van der Waals surface area contributed by atoms with Crippen LogP contribution in [0.4, 0.5) is 0 Å². The monoisotopic (exact) mass is 296 g/mol. The van der Waals surface area contributed by atoms with Gasteiger partial charge in [-0.1, -0.05) is 23.2 Å². The largest absolute Gasteiger partial charge is 0.462 e. The molecular weight excluding hydrogens is 291 g/mol. The fourth-order valence-corrected chi connectivity index (χ4v) is 1.74. The first kappa shape index (κ1) is 11.8. The number of benzene rings is 1. The Hall–Kier alpha value is -0.250. The van der Waals surface area contributed by atoms with Gasteiger partial charge in [-0.2, -0.15) is 0 Å². The van der Waals surface area contributed by atoms with E-state index in [9.17, 15) is 4.79 Å². The second kappa shape index (κ2) is 5.01. The third-order valence-electron chi connectivity index (χ3n) is 1.53. The van der Waals surface area contributed by atoms with E-state index in [1.165, 1.54) is 0 Å². The maximum Gasteiger partial charge on any atom is 0.339 e. The molecule has 0 aliphatic heterocycles. The first-order valence-corrected chi connectivity index (χ1v) is 5.43. The van der Waals surface area contributed by atoms with Crippen molar-refractivity contribution in [2.75, 3.05) is 6.61 Å². The van der Waals surface area contributed by atoms with E-state index in [0.717, 1.165) is 0 Å². The average molecular weight is 298 g/mol. The summed E-state index contributed by atoms with van der Waals surface area (Å²) in [7, 11) is 0. The van der Waals surface area contributed by atoms with E-state index in [0.29, 0.717) is 16.1 Å². The van der Waals surface area contributed by atoms with Gasteiger partial charge in [-0.25, -0.2) is 4.79 Å². The molecule has 0 saturated heterocycles. The Balaban J connectivity index is 3.11. The lowest BCUT2D eigenvalue weighted by atomic mass is 10.2. The van der Waals surface area contributed by atoms with Gasteiger partial charge in [-0.05, 0) is 35.0 Å². The Morgan fingerprint density at radius 2 is 2.07 bits per heavy atom. The molecule has 0 N–H and O–H groups in total. The smallest absolute Gasteiger partial charge is 0.339 e. The van der Waals surface area contributed by atoms with Crippen molar-refractivity contribution in [3.8, 4) is 0 Å². The molecule has 0 aliphatic carbocycles. The summed E-state index contributed by atoms with van der Waals surface area (Å²) in [5, 5.41) is 0.525. The third kappa shape index (κ3) is 2.41. The first-order valence-electron chi connectivity index (χ1n) is 3.88. The normalized spacial score (nSPS) is 10.0. The SMILES string of the molecule is CCOC(=O)c1ccc(Br)c(Cl)c1Cl. The fourth-order valence-electron chi connectivity index (χ4n) is 0.892. The van der Waals surface area contributed by atoms with Gasteiger partial charge in [0.15, 0.2) is 0 Å². The summed E-state index contributed by atoms with van der Waals surface area (Å²) in [6.45, 7) is 2.04. The van der Waals surface area contributed by atoms with Crippen molar-refractivity contribution in [3.05, 3.63) is 32.2 Å². The second-order valence-electron chi connectivity index (χ2n) is 2.44. The Morgan fingerprint density at radius 3 is 2.64 bits per heavy atom. The van der Waals surface area contributed by atoms with Crippen LogP contribution in [0.15, 0.2) is 16.6 Å². The lowest BCUT2D eigenvalue weighted by Gasteiger charge is -2.06. The summed E-state index contributed by atoms with van der Waals surface area (Å²) in [5.74, 6) is -0.466. The van der Waals surface area contributed by atoms with Gasteiger partial charge in [0.25, 0.3) is 0 Å². The number of hydrogen-bond acceptors (Lipinski definition) is 2. The molecule has 0 aliphatic rings. The maximum absolute atomic E-state index is 11.3. The third-order valence-corrected chi connectivity index (χ3v) is 3.30. The Morgan fingerprint density at radius 1 is 1.43 bits per heavy atom. The number of ether oxygens (including phenoxy) is 1. The number of halogens is 3. The summed E-state index contributed by atoms with van der Waals surface area (Å²) >= 11 is 14.9. The molecule has 0 atom stereocenters. The van der Waals surface area contributed by atoms with Crippen LogP contribution in [0.5, 0.6) is 0 Å². The van der Waals surface area contributed by atoms with Gasteiger partial charge in [0.05, 0.1) is 22.2 Å². The highest BCUT2D eigenvalue weighted by Crippen LogP contribution is 2.33. The summed E-state index contributed by atoms with van der Waals surface area (Å²) in [6.07, 6.45) is 0. The molecule has 1 rings (SSSR count). The van der Waals surface area contributed by atoms with Gasteiger partial charge < -0.3 is 4.74 Å². The van der Waals surface area contributed by atoms with E-state index >= 15 is 0 Å². The molecule has 0 unspecified atom stereocenters. The predicted octanol–water partition coefficient (Wildman–Crippen LogP) is 3.93. The molecule has 1 aromatic carbocycles. The average Bonchev–Trinajstić information content (AvgIpc) is 2.15. The van der Waals surface area contributed by atoms with Crippen LogP contribution in [0.25, 0.3) is 0 Å². The van der Waals surface area contributed by atoms with E-state index in [-0.39, 0.29) is 10.6 Å². The minimum absolute atomic E-state index is 0.208. The van der Waals surface area contributed by atoms with Gasteiger partial charge in [0.2, 0.25) is 0 Å². The van der Waals surface area contributed by atoms with Gasteiger partial charge in [0, 0.05) is 4.47 Å². The van der Waals surface area contributed by atoms with E-state index in [1.807, 2.05) is 0 Å². The molecule has 0 spiro atoms. The Bertz CT molecular complexity index is 366. The summed E-state index contributed by atoms with van der Waals surface area (Å²) in [4.78, 5) is 11.3. The van der Waals surface area contributed by atoms with Gasteiger partial charge in [-0.15, -0.1) is 0 Å². The van der Waals surface area contributed by atoms with E-state index in [1.54, 1.807) is 19.1 Å². The Labute approximate surface area is 100 Å². The highest BCUT2D eigenvalue weighted by Gasteiger charge is 2.15. The number of carbonyl (C=O) groups excluding carboxylic acids is 1. The number of hydrogen-bond donors (Lipinski definition) is 0. The minimum atomic E-state index is -0.466. The van der Waals surface area contributed by atoms with E-state index in [2.05, 4.69) is 15.9 Å². The molecule has 0 radical (unpaired) electrons. The van der Waals surface area contributed by atoms with Gasteiger partial charge >= 0.3 is 5.97 Å². The van der Waals surface area contributed by atoms with Crippen LogP contribution in [-0.2, 0) is 4.74 Å². The molecule has 5 heteroatoms. The minimum Gasteiger partial charge on any atom is -0.462 e. The molecule has 0 aromatic heterocycles. The van der Waals surface area contributed by atoms with E-state index < -0.39 is 5.97 Å². The summed E-state index contributed by atoms with van der Waals surface area (Å²) in [6, 6.07) is 3.22. The molecule has 0 heterocycles. The van der Waals surface area contributed by atoms with Crippen LogP contribution in [0.1, 0.15) is 17.3 Å². The number of carbonyl (C=O) groups is 1. The first-order chi connectivity index (χ1) is 6.57. The van der Waals surface area contributed by atoms with Crippen molar-refractivity contribution in [1.29, 1.82) is 0 Å². The van der Waals surface area contributed by atoms with E-state index in [4.69, 9.17) is 27.9 Å². The lowest BCUT2D eigenvalue weighted by Crippen LogP contribution is -2.05. The van der Waals surface area contributed by atoms with Crippen molar-refractivity contribution in [2.45, 2.75) is 6.92 Å². The summed E-state index contributed by atoms with van der Waals surface area (Å²) in [5.41, 5.74) is 0.279. The van der Waals surface area contributed by atoms with Crippen LogP contribution in [-0.4, -0.2) is 12.6 Å². The zero-order valence-corrected chi connectivity index (χ0v) is 10.4. The summed E-state index contributed by atoms with van der Waals surface area (Å²) < 4.78 is 5.46. The van der Waals surface area contributed by atoms with Crippen LogP contribution >= 0.6 is 39.1 Å². The van der Waals surface area contributed by atoms with Crippen molar-refractivity contribution in [2.24, 2.45) is 0 Å².